The number of rotatable bonds is 15. The molecule has 0 radical (unpaired) electrons. The van der Waals surface area contributed by atoms with Crippen LogP contribution in [-0.2, 0) is 53.1 Å². The average Bonchev–Trinajstić information content (AvgIpc) is 3.25. The molecule has 0 aliphatic carbocycles. The Morgan fingerprint density at radius 1 is 0.516 bits per heavy atom. The van der Waals surface area contributed by atoms with E-state index >= 15 is 0 Å². The molecule has 4 N–H and O–H groups in total. The molecule has 0 spiro atoms. The van der Waals surface area contributed by atoms with Gasteiger partial charge in [0, 0.05) is 48.7 Å². The zero-order chi connectivity index (χ0) is 45.0. The molecule has 2 heterocycles. The third-order valence-electron chi connectivity index (χ3n) is 10.6. The summed E-state index contributed by atoms with van der Waals surface area (Å²) < 4.78 is 138. The number of ether oxygens (including phenoxy) is 2. The third kappa shape index (κ3) is 10.5. The van der Waals surface area contributed by atoms with Gasteiger partial charge in [-0.3, -0.25) is 18.7 Å². The number of nitrogens with one attached hydrogen (secondary N) is 2. The van der Waals surface area contributed by atoms with Gasteiger partial charge >= 0.3 is 0 Å². The molecule has 0 bridgehead atoms. The lowest BCUT2D eigenvalue weighted by atomic mass is 10.0. The van der Waals surface area contributed by atoms with E-state index in [2.05, 4.69) is 10.6 Å². The van der Waals surface area contributed by atoms with E-state index in [1.165, 1.54) is 83.5 Å². The summed E-state index contributed by atoms with van der Waals surface area (Å²) in [4.78, 5) is 25.1. The standard InChI is InChI=1S/C40H46N4O14S4/c1-57-33-17-13-29(23-37(33)59(47,48)43-19-5-3-6-20-43)39(45)41-31-15-11-27(35(25-31)61(51,52)53)9-10-28-12-16-32(26-36(28)62(54,55)56)42-40(46)30-14-18-34(58-2)38(24-30)60(49,50)44-21-7-4-8-22-44/h11-18,23-26H,3-10,19-22H2,1-2H3,(H,41,45)(H,42,46)(H,51,52,53)(H,54,55,56). The van der Waals surface area contributed by atoms with E-state index in [4.69, 9.17) is 9.47 Å². The lowest BCUT2D eigenvalue weighted by Crippen LogP contribution is -2.35. The molecule has 18 nitrogen and oxygen atoms in total. The first-order valence-electron chi connectivity index (χ1n) is 19.4. The minimum absolute atomic E-state index is 0.0124. The number of hydrogen-bond acceptors (Lipinski definition) is 12. The van der Waals surface area contributed by atoms with Gasteiger partial charge in [0.2, 0.25) is 20.0 Å². The van der Waals surface area contributed by atoms with Crippen LogP contribution in [0.25, 0.3) is 0 Å². The summed E-state index contributed by atoms with van der Waals surface area (Å²) in [6.07, 6.45) is 4.13. The highest BCUT2D eigenvalue weighted by Crippen LogP contribution is 2.33. The third-order valence-corrected chi connectivity index (χ3v) is 16.3. The van der Waals surface area contributed by atoms with Gasteiger partial charge in [0.25, 0.3) is 32.1 Å². The van der Waals surface area contributed by atoms with Crippen LogP contribution < -0.4 is 20.1 Å². The van der Waals surface area contributed by atoms with E-state index in [1.807, 2.05) is 0 Å². The molecule has 0 atom stereocenters. The smallest absolute Gasteiger partial charge is 0.294 e. The maximum atomic E-state index is 13.5. The molecule has 2 aliphatic rings. The lowest BCUT2D eigenvalue weighted by Gasteiger charge is -2.26. The molecule has 0 unspecified atom stereocenters. The molecule has 2 saturated heterocycles. The van der Waals surface area contributed by atoms with Crippen LogP contribution in [-0.4, -0.2) is 104 Å². The molecule has 2 aliphatic heterocycles. The second kappa shape index (κ2) is 18.8. The van der Waals surface area contributed by atoms with Crippen molar-refractivity contribution in [1.82, 2.24) is 8.61 Å². The Balaban J connectivity index is 1.20. The highest BCUT2D eigenvalue weighted by Gasteiger charge is 2.32. The number of hydrogen-bond donors (Lipinski definition) is 4. The van der Waals surface area contributed by atoms with Crippen molar-refractivity contribution in [3.05, 3.63) is 95.1 Å². The maximum absolute atomic E-state index is 13.5. The first kappa shape index (κ1) is 46.6. The first-order chi connectivity index (χ1) is 29.2. The quantitative estimate of drug-likeness (QED) is 0.116. The molecule has 22 heteroatoms. The summed E-state index contributed by atoms with van der Waals surface area (Å²) in [5.41, 5.74) is -0.280. The van der Waals surface area contributed by atoms with Crippen LogP contribution >= 0.6 is 0 Å². The number of amides is 2. The van der Waals surface area contributed by atoms with Gasteiger partial charge in [-0.15, -0.1) is 0 Å². The molecule has 2 amide bonds. The molecule has 6 rings (SSSR count). The fourth-order valence-corrected chi connectivity index (χ4v) is 12.3. The summed E-state index contributed by atoms with van der Waals surface area (Å²) in [7, 11) is -15.3. The minimum Gasteiger partial charge on any atom is -0.495 e. The van der Waals surface area contributed by atoms with Gasteiger partial charge in [-0.05, 0) is 110 Å². The first-order valence-corrected chi connectivity index (χ1v) is 25.2. The van der Waals surface area contributed by atoms with Gasteiger partial charge in [0.05, 0.1) is 24.0 Å². The monoisotopic (exact) mass is 934 g/mol. The normalized spacial score (nSPS) is 15.7. The highest BCUT2D eigenvalue weighted by molar-refractivity contribution is 7.89. The van der Waals surface area contributed by atoms with E-state index in [1.54, 1.807) is 0 Å². The van der Waals surface area contributed by atoms with Crippen LogP contribution in [0.1, 0.15) is 70.4 Å². The van der Waals surface area contributed by atoms with Crippen LogP contribution in [0.2, 0.25) is 0 Å². The van der Waals surface area contributed by atoms with Gasteiger partial charge in [-0.25, -0.2) is 16.8 Å². The second-order valence-corrected chi connectivity index (χ2v) is 21.3. The summed E-state index contributed by atoms with van der Waals surface area (Å²) in [6.45, 7) is 1.26. The topological polar surface area (TPSA) is 260 Å². The molecule has 4 aromatic carbocycles. The fraction of sp³-hybridized carbons (Fsp3) is 0.350. The zero-order valence-corrected chi connectivity index (χ0v) is 37.0. The van der Waals surface area contributed by atoms with Crippen molar-refractivity contribution in [3.63, 3.8) is 0 Å². The summed E-state index contributed by atoms with van der Waals surface area (Å²) in [5, 5.41) is 5.02. The lowest BCUT2D eigenvalue weighted by molar-refractivity contribution is 0.101. The van der Waals surface area contributed by atoms with Crippen molar-refractivity contribution in [2.75, 3.05) is 51.0 Å². The van der Waals surface area contributed by atoms with Crippen LogP contribution in [0, 0.1) is 0 Å². The van der Waals surface area contributed by atoms with Gasteiger partial charge in [-0.1, -0.05) is 25.0 Å². The van der Waals surface area contributed by atoms with Crippen molar-refractivity contribution in [1.29, 1.82) is 0 Å². The van der Waals surface area contributed by atoms with Crippen molar-refractivity contribution >= 4 is 63.5 Å². The average molecular weight is 935 g/mol. The van der Waals surface area contributed by atoms with Crippen molar-refractivity contribution in [2.45, 2.75) is 70.9 Å². The van der Waals surface area contributed by atoms with Crippen molar-refractivity contribution in [2.24, 2.45) is 0 Å². The molecule has 62 heavy (non-hydrogen) atoms. The number of carbonyl (C=O) groups is 2. The van der Waals surface area contributed by atoms with Gasteiger partial charge in [0.15, 0.2) is 0 Å². The number of methoxy groups -OCH3 is 2. The van der Waals surface area contributed by atoms with E-state index in [0.29, 0.717) is 51.9 Å². The summed E-state index contributed by atoms with van der Waals surface area (Å²) in [5.74, 6) is -1.52. The predicted molar refractivity (Wildman–Crippen MR) is 227 cm³/mol. The van der Waals surface area contributed by atoms with Crippen LogP contribution in [0.4, 0.5) is 11.4 Å². The number of benzene rings is 4. The Labute approximate surface area is 360 Å². The number of aryl methyl sites for hydroxylation is 2. The van der Waals surface area contributed by atoms with E-state index < -0.39 is 61.9 Å². The molecule has 334 valence electrons. The Morgan fingerprint density at radius 2 is 0.871 bits per heavy atom. The number of anilines is 2. The van der Waals surface area contributed by atoms with E-state index in [0.717, 1.165) is 25.0 Å². The second-order valence-electron chi connectivity index (χ2n) is 14.7. The molecule has 2 fully saturated rings. The van der Waals surface area contributed by atoms with Crippen molar-refractivity contribution < 1.29 is 61.8 Å². The minimum atomic E-state index is -4.93. The number of carbonyl (C=O) groups excluding carboxylic acids is 2. The Bertz CT molecular complexity index is 2630. The predicted octanol–water partition coefficient (Wildman–Crippen LogP) is 4.84. The molecule has 4 aromatic rings. The highest BCUT2D eigenvalue weighted by atomic mass is 32.2. The molecular weight excluding hydrogens is 889 g/mol. The largest absolute Gasteiger partial charge is 0.495 e. The van der Waals surface area contributed by atoms with Crippen LogP contribution in [0.3, 0.4) is 0 Å². The SMILES string of the molecule is COc1ccc(C(=O)Nc2ccc(CCc3ccc(NC(=O)c4ccc(OC)c(S(=O)(=O)N5CCCCC5)c4)cc3S(=O)(=O)O)c(S(=O)(=O)O)c2)cc1S(=O)(=O)N1CCCCC1. The Morgan fingerprint density at radius 3 is 1.19 bits per heavy atom. The molecular formula is C40H46N4O14S4. The Hall–Kier alpha value is -4.94. The maximum Gasteiger partial charge on any atom is 0.294 e. The fourth-order valence-electron chi connectivity index (χ4n) is 7.36. The van der Waals surface area contributed by atoms with E-state index in [-0.39, 0.29) is 67.8 Å². The summed E-state index contributed by atoms with van der Waals surface area (Å²) >= 11 is 0. The van der Waals surface area contributed by atoms with Crippen LogP contribution in [0.15, 0.2) is 92.4 Å². The van der Waals surface area contributed by atoms with Gasteiger partial charge in [-0.2, -0.15) is 25.4 Å². The van der Waals surface area contributed by atoms with Crippen molar-refractivity contribution in [3.8, 4) is 11.5 Å². The molecule has 0 aromatic heterocycles. The number of piperidine rings is 2. The zero-order valence-electron chi connectivity index (χ0n) is 33.7. The summed E-state index contributed by atoms with van der Waals surface area (Å²) in [6, 6.07) is 14.9. The van der Waals surface area contributed by atoms with Crippen LogP contribution in [0.5, 0.6) is 11.5 Å². The Kier molecular flexibility index (Phi) is 14.1. The van der Waals surface area contributed by atoms with Gasteiger partial charge < -0.3 is 20.1 Å². The number of nitrogens with zero attached hydrogens (tertiary/aromatic N) is 2. The van der Waals surface area contributed by atoms with Gasteiger partial charge in [0.1, 0.15) is 21.3 Å². The van der Waals surface area contributed by atoms with E-state index in [9.17, 15) is 52.4 Å². The molecule has 0 saturated carbocycles. The number of sulfonamides is 2.